The second kappa shape index (κ2) is 5.75. The van der Waals surface area contributed by atoms with E-state index < -0.39 is 0 Å². The van der Waals surface area contributed by atoms with Gasteiger partial charge in [-0.05, 0) is 39.2 Å². The van der Waals surface area contributed by atoms with Crippen LogP contribution < -0.4 is 5.73 Å². The van der Waals surface area contributed by atoms with Crippen LogP contribution in [-0.4, -0.2) is 24.2 Å². The fraction of sp³-hybridized carbons (Fsp3) is 0.750. The fourth-order valence-electron chi connectivity index (χ4n) is 2.10. The molecule has 0 aliphatic carbocycles. The van der Waals surface area contributed by atoms with Gasteiger partial charge in [0.05, 0.1) is 16.8 Å². The van der Waals surface area contributed by atoms with Crippen LogP contribution >= 0.6 is 11.3 Å². The minimum atomic E-state index is 0.394. The van der Waals surface area contributed by atoms with Gasteiger partial charge in [-0.3, -0.25) is 0 Å². The van der Waals surface area contributed by atoms with E-state index in [2.05, 4.69) is 11.9 Å². The van der Waals surface area contributed by atoms with Crippen molar-refractivity contribution >= 4 is 11.3 Å². The number of rotatable bonds is 4. The molecule has 1 aromatic rings. The van der Waals surface area contributed by atoms with Crippen LogP contribution in [0.5, 0.6) is 0 Å². The third-order valence-electron chi connectivity index (χ3n) is 2.98. The molecule has 0 saturated carbocycles. The number of hydrogen-bond donors (Lipinski definition) is 1. The highest BCUT2D eigenvalue weighted by Gasteiger charge is 2.17. The lowest BCUT2D eigenvalue weighted by Crippen LogP contribution is -2.21. The Hall–Kier alpha value is -0.450. The molecule has 1 fully saturated rings. The van der Waals surface area contributed by atoms with E-state index in [-0.39, 0.29) is 0 Å². The molecule has 1 aliphatic heterocycles. The van der Waals surface area contributed by atoms with E-state index in [9.17, 15) is 0 Å². The van der Waals surface area contributed by atoms with Gasteiger partial charge in [0.25, 0.3) is 0 Å². The average molecular weight is 240 g/mol. The van der Waals surface area contributed by atoms with Crippen LogP contribution in [0.3, 0.4) is 0 Å². The van der Waals surface area contributed by atoms with E-state index in [1.807, 2.05) is 0 Å². The van der Waals surface area contributed by atoms with E-state index in [1.165, 1.54) is 29.1 Å². The van der Waals surface area contributed by atoms with E-state index in [0.29, 0.717) is 12.6 Å². The lowest BCUT2D eigenvalue weighted by molar-refractivity contribution is 0.0167. The molecular formula is C12H20N2OS. The summed E-state index contributed by atoms with van der Waals surface area (Å²) in [6.07, 6.45) is 6.02. The van der Waals surface area contributed by atoms with E-state index >= 15 is 0 Å². The molecule has 1 aromatic heterocycles. The lowest BCUT2D eigenvalue weighted by atomic mass is 10.1. The van der Waals surface area contributed by atoms with Gasteiger partial charge in [-0.2, -0.15) is 0 Å². The summed E-state index contributed by atoms with van der Waals surface area (Å²) in [4.78, 5) is 5.95. The lowest BCUT2D eigenvalue weighted by Gasteiger charge is -2.21. The maximum atomic E-state index is 5.73. The monoisotopic (exact) mass is 240 g/mol. The summed E-state index contributed by atoms with van der Waals surface area (Å²) >= 11 is 1.81. The Labute approximate surface area is 101 Å². The molecule has 0 amide bonds. The predicted octanol–water partition coefficient (Wildman–Crippen LogP) is 2.06. The minimum Gasteiger partial charge on any atom is -0.378 e. The van der Waals surface area contributed by atoms with Gasteiger partial charge in [0, 0.05) is 17.9 Å². The summed E-state index contributed by atoms with van der Waals surface area (Å²) in [5, 5.41) is 1.22. The SMILES string of the molecule is Cc1nc(CC2CCCCO2)sc1CCN. The summed E-state index contributed by atoms with van der Waals surface area (Å²) in [6.45, 7) is 3.71. The number of aromatic nitrogens is 1. The highest BCUT2D eigenvalue weighted by molar-refractivity contribution is 7.11. The Morgan fingerprint density at radius 3 is 3.06 bits per heavy atom. The zero-order valence-electron chi connectivity index (χ0n) is 9.87. The summed E-state index contributed by atoms with van der Waals surface area (Å²) in [5.74, 6) is 0. The number of nitrogens with zero attached hydrogens (tertiary/aromatic N) is 1. The molecule has 2 heterocycles. The smallest absolute Gasteiger partial charge is 0.0956 e. The van der Waals surface area contributed by atoms with Crippen molar-refractivity contribution in [2.75, 3.05) is 13.2 Å². The number of hydrogen-bond acceptors (Lipinski definition) is 4. The fourth-order valence-corrected chi connectivity index (χ4v) is 3.25. The van der Waals surface area contributed by atoms with Crippen LogP contribution in [0.25, 0.3) is 0 Å². The van der Waals surface area contributed by atoms with Gasteiger partial charge in [0.1, 0.15) is 0 Å². The largest absolute Gasteiger partial charge is 0.378 e. The van der Waals surface area contributed by atoms with Crippen LogP contribution in [-0.2, 0) is 17.6 Å². The van der Waals surface area contributed by atoms with Gasteiger partial charge in [-0.1, -0.05) is 0 Å². The summed E-state index contributed by atoms with van der Waals surface area (Å²) in [7, 11) is 0. The Balaban J connectivity index is 1.95. The van der Waals surface area contributed by atoms with Crippen molar-refractivity contribution in [2.45, 2.75) is 45.1 Å². The second-order valence-corrected chi connectivity index (χ2v) is 5.52. The molecule has 2 rings (SSSR count). The standard InChI is InChI=1S/C12H20N2OS/c1-9-11(5-6-13)16-12(14-9)8-10-4-2-3-7-15-10/h10H,2-8,13H2,1H3. The third-order valence-corrected chi connectivity index (χ3v) is 4.22. The van der Waals surface area contributed by atoms with Gasteiger partial charge in [0.2, 0.25) is 0 Å². The molecule has 4 heteroatoms. The minimum absolute atomic E-state index is 0.394. The third kappa shape index (κ3) is 3.03. The molecule has 90 valence electrons. The van der Waals surface area contributed by atoms with Crippen LogP contribution in [0, 0.1) is 6.92 Å². The molecule has 0 radical (unpaired) electrons. The van der Waals surface area contributed by atoms with E-state index in [1.54, 1.807) is 11.3 Å². The topological polar surface area (TPSA) is 48.1 Å². The summed E-state index contributed by atoms with van der Waals surface area (Å²) < 4.78 is 5.73. The Kier molecular flexibility index (Phi) is 4.32. The van der Waals surface area contributed by atoms with E-state index in [0.717, 1.165) is 25.1 Å². The first-order valence-electron chi connectivity index (χ1n) is 6.06. The molecule has 1 aliphatic rings. The number of ether oxygens (including phenoxy) is 1. The van der Waals surface area contributed by atoms with Crippen LogP contribution in [0.4, 0.5) is 0 Å². The van der Waals surface area contributed by atoms with Crippen molar-refractivity contribution in [3.63, 3.8) is 0 Å². The van der Waals surface area contributed by atoms with Crippen LogP contribution in [0.2, 0.25) is 0 Å². The maximum absolute atomic E-state index is 5.73. The summed E-state index contributed by atoms with van der Waals surface area (Å²) in [6, 6.07) is 0. The van der Waals surface area contributed by atoms with Crippen LogP contribution in [0.15, 0.2) is 0 Å². The molecule has 2 N–H and O–H groups in total. The molecule has 1 saturated heterocycles. The molecule has 0 aromatic carbocycles. The predicted molar refractivity (Wildman–Crippen MR) is 66.9 cm³/mol. The Bertz CT molecular complexity index is 332. The molecule has 16 heavy (non-hydrogen) atoms. The van der Waals surface area contributed by atoms with Gasteiger partial charge in [-0.15, -0.1) is 11.3 Å². The van der Waals surface area contributed by atoms with Crippen molar-refractivity contribution in [1.29, 1.82) is 0 Å². The maximum Gasteiger partial charge on any atom is 0.0956 e. The number of aryl methyl sites for hydroxylation is 1. The van der Waals surface area contributed by atoms with Gasteiger partial charge in [0.15, 0.2) is 0 Å². The highest BCUT2D eigenvalue weighted by Crippen LogP contribution is 2.23. The molecule has 0 bridgehead atoms. The molecule has 3 nitrogen and oxygen atoms in total. The first-order chi connectivity index (χ1) is 7.79. The second-order valence-electron chi connectivity index (χ2n) is 4.35. The van der Waals surface area contributed by atoms with Crippen molar-refractivity contribution in [3.05, 3.63) is 15.6 Å². The first-order valence-corrected chi connectivity index (χ1v) is 6.88. The van der Waals surface area contributed by atoms with Gasteiger partial charge >= 0.3 is 0 Å². The molecule has 1 unspecified atom stereocenters. The number of thiazole rings is 1. The first kappa shape index (κ1) is 12.0. The van der Waals surface area contributed by atoms with Crippen LogP contribution in [0.1, 0.15) is 34.8 Å². The van der Waals surface area contributed by atoms with Crippen molar-refractivity contribution < 1.29 is 4.74 Å². The van der Waals surface area contributed by atoms with Gasteiger partial charge in [-0.25, -0.2) is 4.98 Å². The highest BCUT2D eigenvalue weighted by atomic mass is 32.1. The van der Waals surface area contributed by atoms with E-state index in [4.69, 9.17) is 10.5 Å². The van der Waals surface area contributed by atoms with Crippen molar-refractivity contribution in [3.8, 4) is 0 Å². The molecular weight excluding hydrogens is 220 g/mol. The van der Waals surface area contributed by atoms with Gasteiger partial charge < -0.3 is 10.5 Å². The Morgan fingerprint density at radius 2 is 2.38 bits per heavy atom. The molecule has 0 spiro atoms. The summed E-state index contributed by atoms with van der Waals surface area (Å²) in [5.41, 5.74) is 6.73. The quantitative estimate of drug-likeness (QED) is 0.876. The zero-order chi connectivity index (χ0) is 11.4. The van der Waals surface area contributed by atoms with Crippen molar-refractivity contribution in [2.24, 2.45) is 5.73 Å². The zero-order valence-corrected chi connectivity index (χ0v) is 10.7. The average Bonchev–Trinajstić information content (AvgIpc) is 2.61. The Morgan fingerprint density at radius 1 is 1.50 bits per heavy atom. The van der Waals surface area contributed by atoms with Crippen molar-refractivity contribution in [1.82, 2.24) is 4.98 Å². The molecule has 1 atom stereocenters. The number of nitrogens with two attached hydrogens (primary N) is 1. The normalized spacial score (nSPS) is 21.2.